The summed E-state index contributed by atoms with van der Waals surface area (Å²) in [4.78, 5) is 20.0. The molecule has 5 fully saturated rings. The van der Waals surface area contributed by atoms with Gasteiger partial charge in [-0.1, -0.05) is 0 Å². The summed E-state index contributed by atoms with van der Waals surface area (Å²) in [6, 6.07) is 0.0668. The van der Waals surface area contributed by atoms with E-state index in [0.717, 1.165) is 45.4 Å². The fraction of sp³-hybridized carbons (Fsp3) is 0.950. The normalized spacial score (nSPS) is 38.1. The molecule has 2 saturated carbocycles. The Balaban J connectivity index is 1.33. The van der Waals surface area contributed by atoms with Crippen molar-refractivity contribution < 1.29 is 13.2 Å². The van der Waals surface area contributed by atoms with E-state index in [1.165, 1.54) is 12.8 Å². The van der Waals surface area contributed by atoms with Gasteiger partial charge in [-0.25, -0.2) is 28.8 Å². The predicted molar refractivity (Wildman–Crippen MR) is 122 cm³/mol. The van der Waals surface area contributed by atoms with Crippen LogP contribution in [-0.4, -0.2) is 89.1 Å². The molecule has 176 valence electrons. The van der Waals surface area contributed by atoms with Crippen molar-refractivity contribution in [2.45, 2.75) is 92.5 Å². The van der Waals surface area contributed by atoms with Crippen molar-refractivity contribution in [1.82, 2.24) is 30.3 Å². The topological polar surface area (TPSA) is 97.0 Å². The number of hydrogen-bond acceptors (Lipinski definition) is 7. The first-order valence-corrected chi connectivity index (χ1v) is 14.3. The number of sulfonamides is 1. The second-order valence-corrected chi connectivity index (χ2v) is 13.5. The van der Waals surface area contributed by atoms with Gasteiger partial charge in [0, 0.05) is 18.6 Å². The number of amides is 2. The molecule has 5 atom stereocenters. The van der Waals surface area contributed by atoms with E-state index in [2.05, 4.69) is 27.4 Å². The number of hydrogen-bond donors (Lipinski definition) is 3. The van der Waals surface area contributed by atoms with E-state index in [1.807, 2.05) is 16.7 Å². The van der Waals surface area contributed by atoms with Gasteiger partial charge in [-0.15, -0.1) is 11.8 Å². The zero-order valence-corrected chi connectivity index (χ0v) is 20.2. The predicted octanol–water partition coefficient (Wildman–Crippen LogP) is 1.05. The Bertz CT molecular complexity index is 801. The van der Waals surface area contributed by atoms with Crippen LogP contribution in [0.4, 0.5) is 4.79 Å². The van der Waals surface area contributed by atoms with Crippen LogP contribution in [0.1, 0.15) is 58.8 Å². The Labute approximate surface area is 190 Å². The molecule has 2 amide bonds. The van der Waals surface area contributed by atoms with Crippen molar-refractivity contribution >= 4 is 27.8 Å². The molecule has 5 unspecified atom stereocenters. The Morgan fingerprint density at radius 2 is 1.87 bits per heavy atom. The number of fused-ring (bicyclic) bond motifs is 1. The van der Waals surface area contributed by atoms with Crippen molar-refractivity contribution in [2.75, 3.05) is 26.2 Å². The van der Waals surface area contributed by atoms with Crippen molar-refractivity contribution in [3.05, 3.63) is 0 Å². The van der Waals surface area contributed by atoms with Gasteiger partial charge in [0.1, 0.15) is 5.50 Å². The summed E-state index contributed by atoms with van der Waals surface area (Å²) >= 11 is 1.68. The molecular weight excluding hydrogens is 436 g/mol. The number of urea groups is 1. The molecule has 11 heteroatoms. The summed E-state index contributed by atoms with van der Waals surface area (Å²) in [6.07, 6.45) is 6.17. The minimum Gasteiger partial charge on any atom is -0.318 e. The van der Waals surface area contributed by atoms with Gasteiger partial charge in [0.2, 0.25) is 10.0 Å². The molecule has 0 aromatic rings. The van der Waals surface area contributed by atoms with Crippen molar-refractivity contribution in [2.24, 2.45) is 0 Å². The number of hydrazine groups is 1. The first kappa shape index (κ1) is 22.2. The highest BCUT2D eigenvalue weighted by Gasteiger charge is 2.54. The van der Waals surface area contributed by atoms with E-state index < -0.39 is 15.3 Å². The van der Waals surface area contributed by atoms with Gasteiger partial charge in [0.25, 0.3) is 0 Å². The van der Waals surface area contributed by atoms with Gasteiger partial charge in [0.05, 0.1) is 22.7 Å². The third-order valence-electron chi connectivity index (χ3n) is 7.64. The molecule has 3 heterocycles. The van der Waals surface area contributed by atoms with Crippen molar-refractivity contribution in [1.29, 1.82) is 0 Å². The monoisotopic (exact) mass is 472 g/mol. The van der Waals surface area contributed by atoms with Crippen LogP contribution in [0.25, 0.3) is 0 Å². The molecule has 0 bridgehead atoms. The summed E-state index contributed by atoms with van der Waals surface area (Å²) in [7, 11) is -3.39. The van der Waals surface area contributed by atoms with E-state index in [9.17, 15) is 13.2 Å². The van der Waals surface area contributed by atoms with Crippen molar-refractivity contribution in [3.8, 4) is 0 Å². The number of carbonyl (C=O) groups is 1. The number of nitrogens with one attached hydrogen (secondary N) is 3. The maximum absolute atomic E-state index is 13.6. The molecule has 0 aromatic carbocycles. The van der Waals surface area contributed by atoms with Gasteiger partial charge in [-0.05, 0) is 71.9 Å². The number of rotatable bonds is 7. The summed E-state index contributed by atoms with van der Waals surface area (Å²) in [5.74, 6) is 0. The molecule has 3 aliphatic heterocycles. The lowest BCUT2D eigenvalue weighted by atomic mass is 9.90. The Kier molecular flexibility index (Phi) is 5.96. The fourth-order valence-corrected chi connectivity index (χ4v) is 8.55. The van der Waals surface area contributed by atoms with Crippen LogP contribution in [-0.2, 0) is 10.0 Å². The molecule has 2 aliphatic carbocycles. The van der Waals surface area contributed by atoms with Crippen LogP contribution in [0, 0.1) is 0 Å². The summed E-state index contributed by atoms with van der Waals surface area (Å²) in [6.45, 7) is 7.91. The summed E-state index contributed by atoms with van der Waals surface area (Å²) < 4.78 is 29.2. The maximum Gasteiger partial charge on any atom is 0.322 e. The quantitative estimate of drug-likeness (QED) is 0.510. The van der Waals surface area contributed by atoms with E-state index in [1.54, 1.807) is 11.8 Å². The molecule has 5 aliphatic rings. The van der Waals surface area contributed by atoms with E-state index in [-0.39, 0.29) is 34.5 Å². The van der Waals surface area contributed by atoms with E-state index >= 15 is 0 Å². The lowest BCUT2D eigenvalue weighted by Gasteiger charge is -2.37. The molecular formula is C20H36N6O3S2. The third kappa shape index (κ3) is 4.46. The molecule has 9 nitrogen and oxygen atoms in total. The highest BCUT2D eigenvalue weighted by Crippen LogP contribution is 2.41. The summed E-state index contributed by atoms with van der Waals surface area (Å²) in [5, 5.41) is -0.230. The average molecular weight is 473 g/mol. The third-order valence-corrected chi connectivity index (χ3v) is 10.8. The largest absolute Gasteiger partial charge is 0.322 e. The van der Waals surface area contributed by atoms with Crippen molar-refractivity contribution in [3.63, 3.8) is 0 Å². The minimum atomic E-state index is -3.39. The Morgan fingerprint density at radius 1 is 1.13 bits per heavy atom. The first-order valence-electron chi connectivity index (χ1n) is 11.8. The Hall–Kier alpha value is -0.590. The van der Waals surface area contributed by atoms with Crippen LogP contribution in [0.3, 0.4) is 0 Å². The molecule has 3 saturated heterocycles. The van der Waals surface area contributed by atoms with Gasteiger partial charge in [-0.3, -0.25) is 4.90 Å². The first-order chi connectivity index (χ1) is 14.8. The van der Waals surface area contributed by atoms with Crippen LogP contribution in [0.2, 0.25) is 0 Å². The number of thioether (sulfide) groups is 1. The average Bonchev–Trinajstić information content (AvgIpc) is 3.10. The Morgan fingerprint density at radius 3 is 2.52 bits per heavy atom. The second kappa shape index (κ2) is 8.32. The molecule has 0 spiro atoms. The molecule has 0 radical (unpaired) electrons. The standard InChI is InChI=1S/C20H36N6O3S2/c1-14-21-22-18(30-14)26-17-13-15(31(28,29)23-20(2)7-8-20)5-6-16(17)25(19(26)27)12-11-24-9-3-4-10-24/h14-18,21-23H,3-13H2,1-2H3. The minimum absolute atomic E-state index is 0.0512. The molecule has 31 heavy (non-hydrogen) atoms. The van der Waals surface area contributed by atoms with Crippen LogP contribution >= 0.6 is 11.8 Å². The van der Waals surface area contributed by atoms with Gasteiger partial charge >= 0.3 is 6.03 Å². The maximum atomic E-state index is 13.6. The van der Waals surface area contributed by atoms with E-state index in [4.69, 9.17) is 0 Å². The smallest absolute Gasteiger partial charge is 0.318 e. The van der Waals surface area contributed by atoms with Crippen LogP contribution in [0.15, 0.2) is 0 Å². The highest BCUT2D eigenvalue weighted by molar-refractivity contribution is 8.00. The molecule has 5 rings (SSSR count). The zero-order chi connectivity index (χ0) is 21.8. The molecule has 3 N–H and O–H groups in total. The summed E-state index contributed by atoms with van der Waals surface area (Å²) in [5.41, 5.74) is 6.02. The number of likely N-dealkylation sites (tertiary alicyclic amines) is 1. The highest BCUT2D eigenvalue weighted by atomic mass is 32.2. The zero-order valence-electron chi connectivity index (χ0n) is 18.5. The fourth-order valence-electron chi connectivity index (χ4n) is 5.56. The number of nitrogens with zero attached hydrogens (tertiary/aromatic N) is 3. The van der Waals surface area contributed by atoms with Crippen LogP contribution < -0.4 is 15.6 Å². The van der Waals surface area contributed by atoms with Gasteiger partial charge in [-0.2, -0.15) is 0 Å². The van der Waals surface area contributed by atoms with E-state index in [0.29, 0.717) is 12.8 Å². The SMILES string of the molecule is CC1NNC(N2C(=O)N(CCN3CCCC3)C3CCC(S(=O)(=O)NC4(C)CC4)CC32)S1. The molecule has 0 aromatic heterocycles. The lowest BCUT2D eigenvalue weighted by Crippen LogP contribution is -2.53. The van der Waals surface area contributed by atoms with Crippen LogP contribution in [0.5, 0.6) is 0 Å². The van der Waals surface area contributed by atoms with Gasteiger partial charge < -0.3 is 9.80 Å². The van der Waals surface area contributed by atoms with Gasteiger partial charge in [0.15, 0.2) is 0 Å². The number of carbonyl (C=O) groups excluding carboxylic acids is 1. The lowest BCUT2D eigenvalue weighted by molar-refractivity contribution is 0.169. The second-order valence-electron chi connectivity index (χ2n) is 10.1.